The van der Waals surface area contributed by atoms with Crippen molar-refractivity contribution in [3.8, 4) is 0 Å². The van der Waals surface area contributed by atoms with E-state index in [0.717, 1.165) is 37.9 Å². The van der Waals surface area contributed by atoms with Crippen molar-refractivity contribution in [2.45, 2.75) is 58.4 Å². The zero-order valence-corrected chi connectivity index (χ0v) is 16.5. The minimum Gasteiger partial charge on any atom is -0.352 e. The molecule has 2 heterocycles. The highest BCUT2D eigenvalue weighted by Crippen LogP contribution is 2.24. The summed E-state index contributed by atoms with van der Waals surface area (Å²) in [7, 11) is 0. The molecule has 3 rings (SSSR count). The number of hydrogen-bond donors (Lipinski definition) is 2. The van der Waals surface area contributed by atoms with Gasteiger partial charge in [0.05, 0.1) is 6.54 Å². The van der Waals surface area contributed by atoms with Crippen molar-refractivity contribution in [1.29, 1.82) is 0 Å². The molecule has 0 unspecified atom stereocenters. The monoisotopic (exact) mass is 372 g/mol. The van der Waals surface area contributed by atoms with Gasteiger partial charge in [-0.25, -0.2) is 4.98 Å². The summed E-state index contributed by atoms with van der Waals surface area (Å²) in [5.74, 6) is 1.33. The molecule has 1 aliphatic heterocycles. The molecule has 2 amide bonds. The van der Waals surface area contributed by atoms with Gasteiger partial charge >= 0.3 is 0 Å². The Labute approximate surface area is 162 Å². The number of piperidine rings is 1. The predicted octanol–water partition coefficient (Wildman–Crippen LogP) is 2.74. The number of amides is 2. The third-order valence-electron chi connectivity index (χ3n) is 5.95. The van der Waals surface area contributed by atoms with Crippen LogP contribution in [0.25, 0.3) is 0 Å². The highest BCUT2D eigenvalue weighted by atomic mass is 16.2. The van der Waals surface area contributed by atoms with E-state index < -0.39 is 0 Å². The van der Waals surface area contributed by atoms with Crippen LogP contribution in [0.3, 0.4) is 0 Å². The highest BCUT2D eigenvalue weighted by molar-refractivity contribution is 5.91. The summed E-state index contributed by atoms with van der Waals surface area (Å²) in [5, 5.41) is 6.12. The Morgan fingerprint density at radius 2 is 1.89 bits per heavy atom. The fourth-order valence-corrected chi connectivity index (χ4v) is 4.11. The molecule has 0 radical (unpaired) electrons. The largest absolute Gasteiger partial charge is 0.352 e. The molecular formula is C21H32N4O2. The van der Waals surface area contributed by atoms with Crippen LogP contribution in [0.5, 0.6) is 0 Å². The molecule has 2 aliphatic rings. The van der Waals surface area contributed by atoms with E-state index in [-0.39, 0.29) is 17.7 Å². The molecule has 6 heteroatoms. The summed E-state index contributed by atoms with van der Waals surface area (Å²) in [4.78, 5) is 31.2. The first-order valence-corrected chi connectivity index (χ1v) is 10.3. The van der Waals surface area contributed by atoms with Crippen LogP contribution >= 0.6 is 0 Å². The van der Waals surface area contributed by atoms with E-state index in [4.69, 9.17) is 0 Å². The third kappa shape index (κ3) is 5.76. The van der Waals surface area contributed by atoms with Crippen LogP contribution in [0.1, 0.15) is 51.0 Å². The second kappa shape index (κ2) is 9.31. The zero-order chi connectivity index (χ0) is 19.2. The van der Waals surface area contributed by atoms with E-state index in [0.29, 0.717) is 24.3 Å². The summed E-state index contributed by atoms with van der Waals surface area (Å²) < 4.78 is 0. The van der Waals surface area contributed by atoms with Gasteiger partial charge < -0.3 is 10.6 Å². The van der Waals surface area contributed by atoms with Gasteiger partial charge in [0, 0.05) is 18.2 Å². The molecular weight excluding hydrogens is 340 g/mol. The molecule has 1 aromatic rings. The van der Waals surface area contributed by atoms with E-state index >= 15 is 0 Å². The van der Waals surface area contributed by atoms with E-state index in [2.05, 4.69) is 27.4 Å². The number of aromatic nitrogens is 1. The molecule has 0 spiro atoms. The standard InChI is InChI=1S/C21H32N4O2/c1-15-7-8-19(22-13-15)24-21(27)17-9-11-25(12-10-17)14-20(26)23-18-6-4-3-5-16(18)2/h7-8,13,16-18H,3-6,9-12,14H2,1-2H3,(H,23,26)(H,22,24,27)/t16-,18-/m1/s1. The molecule has 27 heavy (non-hydrogen) atoms. The van der Waals surface area contributed by atoms with Crippen molar-refractivity contribution >= 4 is 17.6 Å². The molecule has 1 saturated carbocycles. The second-order valence-electron chi connectivity index (χ2n) is 8.20. The lowest BCUT2D eigenvalue weighted by Gasteiger charge is -2.33. The Hall–Kier alpha value is -1.95. The lowest BCUT2D eigenvalue weighted by molar-refractivity contribution is -0.124. The highest BCUT2D eigenvalue weighted by Gasteiger charge is 2.27. The van der Waals surface area contributed by atoms with E-state index in [9.17, 15) is 9.59 Å². The summed E-state index contributed by atoms with van der Waals surface area (Å²) in [6, 6.07) is 4.10. The van der Waals surface area contributed by atoms with Crippen molar-refractivity contribution in [2.75, 3.05) is 25.0 Å². The smallest absolute Gasteiger partial charge is 0.234 e. The predicted molar refractivity (Wildman–Crippen MR) is 106 cm³/mol. The Kier molecular flexibility index (Phi) is 6.83. The fraction of sp³-hybridized carbons (Fsp3) is 0.667. The van der Waals surface area contributed by atoms with E-state index in [1.165, 1.54) is 19.3 Å². The average Bonchev–Trinajstić information content (AvgIpc) is 2.66. The van der Waals surface area contributed by atoms with Gasteiger partial charge in [0.1, 0.15) is 5.82 Å². The molecule has 0 aromatic carbocycles. The van der Waals surface area contributed by atoms with Crippen molar-refractivity contribution < 1.29 is 9.59 Å². The van der Waals surface area contributed by atoms with E-state index in [1.807, 2.05) is 19.1 Å². The molecule has 6 nitrogen and oxygen atoms in total. The molecule has 148 valence electrons. The summed E-state index contributed by atoms with van der Waals surface area (Å²) in [5.41, 5.74) is 1.07. The first-order chi connectivity index (χ1) is 13.0. The summed E-state index contributed by atoms with van der Waals surface area (Å²) in [6.07, 6.45) is 8.12. The summed E-state index contributed by atoms with van der Waals surface area (Å²) in [6.45, 7) is 6.22. The number of likely N-dealkylation sites (tertiary alicyclic amines) is 1. The van der Waals surface area contributed by atoms with Gasteiger partial charge in [-0.15, -0.1) is 0 Å². The van der Waals surface area contributed by atoms with Crippen LogP contribution in [0.15, 0.2) is 18.3 Å². The molecule has 1 saturated heterocycles. The van der Waals surface area contributed by atoms with Gasteiger partial charge in [0.25, 0.3) is 0 Å². The number of carbonyl (C=O) groups is 2. The van der Waals surface area contributed by atoms with Crippen molar-refractivity contribution in [2.24, 2.45) is 11.8 Å². The fourth-order valence-electron chi connectivity index (χ4n) is 4.11. The van der Waals surface area contributed by atoms with Gasteiger partial charge in [-0.05, 0) is 63.2 Å². The Morgan fingerprint density at radius 3 is 2.56 bits per heavy atom. The minimum absolute atomic E-state index is 0.00854. The van der Waals surface area contributed by atoms with Gasteiger partial charge in [-0.3, -0.25) is 14.5 Å². The van der Waals surface area contributed by atoms with Crippen molar-refractivity contribution in [3.05, 3.63) is 23.9 Å². The maximum Gasteiger partial charge on any atom is 0.234 e. The first kappa shape index (κ1) is 19.8. The number of aryl methyl sites for hydroxylation is 1. The van der Waals surface area contributed by atoms with Gasteiger partial charge in [0.15, 0.2) is 0 Å². The van der Waals surface area contributed by atoms with Gasteiger partial charge in [0.2, 0.25) is 11.8 Å². The Bertz CT molecular complexity index is 638. The van der Waals surface area contributed by atoms with Crippen LogP contribution in [-0.2, 0) is 9.59 Å². The Balaban J connectivity index is 1.39. The van der Waals surface area contributed by atoms with Crippen LogP contribution in [-0.4, -0.2) is 47.4 Å². The SMILES string of the molecule is Cc1ccc(NC(=O)C2CCN(CC(=O)N[C@@H]3CCCC[C@H]3C)CC2)nc1. The lowest BCUT2D eigenvalue weighted by Crippen LogP contribution is -2.47. The number of rotatable bonds is 5. The van der Waals surface area contributed by atoms with Crippen LogP contribution in [0, 0.1) is 18.8 Å². The first-order valence-electron chi connectivity index (χ1n) is 10.3. The van der Waals surface area contributed by atoms with Crippen LogP contribution < -0.4 is 10.6 Å². The molecule has 2 fully saturated rings. The minimum atomic E-state index is -0.00854. The van der Waals surface area contributed by atoms with Gasteiger partial charge in [-0.2, -0.15) is 0 Å². The number of nitrogens with one attached hydrogen (secondary N) is 2. The quantitative estimate of drug-likeness (QED) is 0.833. The lowest BCUT2D eigenvalue weighted by atomic mass is 9.86. The second-order valence-corrected chi connectivity index (χ2v) is 8.20. The van der Waals surface area contributed by atoms with Crippen molar-refractivity contribution in [1.82, 2.24) is 15.2 Å². The zero-order valence-electron chi connectivity index (χ0n) is 16.5. The van der Waals surface area contributed by atoms with Crippen LogP contribution in [0.2, 0.25) is 0 Å². The molecule has 1 aromatic heterocycles. The number of nitrogens with zero attached hydrogens (tertiary/aromatic N) is 2. The van der Waals surface area contributed by atoms with Gasteiger partial charge in [-0.1, -0.05) is 25.8 Å². The normalized spacial score (nSPS) is 24.4. The third-order valence-corrected chi connectivity index (χ3v) is 5.95. The molecule has 1 aliphatic carbocycles. The topological polar surface area (TPSA) is 74.3 Å². The molecule has 2 N–H and O–H groups in total. The van der Waals surface area contributed by atoms with E-state index in [1.54, 1.807) is 6.20 Å². The number of hydrogen-bond acceptors (Lipinski definition) is 4. The molecule has 2 atom stereocenters. The van der Waals surface area contributed by atoms with Crippen molar-refractivity contribution in [3.63, 3.8) is 0 Å². The Morgan fingerprint density at radius 1 is 1.15 bits per heavy atom. The number of anilines is 1. The number of carbonyl (C=O) groups excluding carboxylic acids is 2. The maximum atomic E-state index is 12.4. The maximum absolute atomic E-state index is 12.4. The number of pyridine rings is 1. The molecule has 0 bridgehead atoms. The van der Waals surface area contributed by atoms with Crippen LogP contribution in [0.4, 0.5) is 5.82 Å². The summed E-state index contributed by atoms with van der Waals surface area (Å²) >= 11 is 0. The average molecular weight is 373 g/mol.